The molecule has 0 unspecified atom stereocenters. The summed E-state index contributed by atoms with van der Waals surface area (Å²) in [5, 5.41) is 40.4. The maximum absolute atomic E-state index is 15.5. The topological polar surface area (TPSA) is 149 Å². The summed E-state index contributed by atoms with van der Waals surface area (Å²) >= 11 is 0. The molecule has 12 atom stereocenters. The molecule has 4 saturated carbocycles. The van der Waals surface area contributed by atoms with Gasteiger partial charge in [0.1, 0.15) is 11.9 Å². The lowest BCUT2D eigenvalue weighted by Gasteiger charge is -2.70. The second-order valence-corrected chi connectivity index (χ2v) is 26.5. The van der Waals surface area contributed by atoms with Crippen molar-refractivity contribution in [2.24, 2.45) is 44.8 Å². The van der Waals surface area contributed by atoms with Gasteiger partial charge in [0.25, 0.3) is 0 Å². The number of hydrogen-bond acceptors (Lipinski definition) is 8. The van der Waals surface area contributed by atoms with Gasteiger partial charge in [0.05, 0.1) is 28.8 Å². The molecule has 388 valence electrons. The standard InChI is InChI=1S/C61H87N3O7/c1-56(2)55(71-56)46(67)31-57(3)20-14-38-33-63-51-43(42(17-25-65)41-29-39(36-12-10-9-11-13-36)28-40(30-41)37-18-26-70-27-19-37)34-64(52(38)51)35-44-49-50(57)45(66)32-61(49,7)60(6)22-15-47-58(4,23-24-62-8)48(68)16-21-59(47,5)54(60)53(44)69/h28-30,33-34,36-37,42,44,46-47,53-55,62-63,65,67,69H,9-27,31-32,35H2,1-8H3/t42-,44-,46-,47+,53-,54-,55-,57+,58+,59-,60+,61+/m1/s1. The molecule has 6 fully saturated rings. The van der Waals surface area contributed by atoms with Gasteiger partial charge in [0, 0.05) is 85.4 Å². The number of carbonyl (C=O) groups is 2. The minimum Gasteiger partial charge on any atom is -0.396 e. The van der Waals surface area contributed by atoms with Crippen molar-refractivity contribution in [3.8, 4) is 0 Å². The summed E-state index contributed by atoms with van der Waals surface area (Å²) in [6.07, 6.45) is 17.6. The molecule has 0 spiro atoms. The molecule has 5 N–H and O–H groups in total. The number of allylic oxidation sites excluding steroid dienone is 1. The Hall–Kier alpha value is -3.12. The maximum atomic E-state index is 15.5. The highest BCUT2D eigenvalue weighted by molar-refractivity contribution is 6.02. The van der Waals surface area contributed by atoms with Crippen molar-refractivity contribution >= 4 is 22.6 Å². The molecule has 0 radical (unpaired) electrons. The van der Waals surface area contributed by atoms with E-state index >= 15 is 4.79 Å². The first-order valence-corrected chi connectivity index (χ1v) is 28.3. The van der Waals surface area contributed by atoms with E-state index in [1.807, 2.05) is 20.9 Å². The molecular formula is C61H87N3O7. The summed E-state index contributed by atoms with van der Waals surface area (Å²) in [5.74, 6) is 1.04. The Labute approximate surface area is 423 Å². The highest BCUT2D eigenvalue weighted by Crippen LogP contribution is 2.76. The fourth-order valence-electron chi connectivity index (χ4n) is 18.2. The van der Waals surface area contributed by atoms with Gasteiger partial charge in [-0.2, -0.15) is 0 Å². The molecule has 0 bridgehead atoms. The van der Waals surface area contributed by atoms with Crippen LogP contribution >= 0.6 is 0 Å². The molecule has 2 aromatic heterocycles. The molecule has 2 saturated heterocycles. The van der Waals surface area contributed by atoms with E-state index in [4.69, 9.17) is 9.47 Å². The van der Waals surface area contributed by atoms with E-state index in [0.29, 0.717) is 62.7 Å². The zero-order chi connectivity index (χ0) is 50.0. The molecule has 10 heteroatoms. The smallest absolute Gasteiger partial charge is 0.160 e. The van der Waals surface area contributed by atoms with Gasteiger partial charge in [0.15, 0.2) is 5.78 Å². The monoisotopic (exact) mass is 974 g/mol. The van der Waals surface area contributed by atoms with Crippen molar-refractivity contribution < 1.29 is 34.4 Å². The number of nitrogens with zero attached hydrogens (tertiary/aromatic N) is 1. The minimum atomic E-state index is -0.774. The second kappa shape index (κ2) is 18.0. The van der Waals surface area contributed by atoms with Gasteiger partial charge >= 0.3 is 0 Å². The summed E-state index contributed by atoms with van der Waals surface area (Å²) in [5.41, 5.74) is 7.82. The maximum Gasteiger partial charge on any atom is 0.160 e. The number of ketones is 2. The molecule has 11 rings (SSSR count). The van der Waals surface area contributed by atoms with Crippen molar-refractivity contribution in [3.63, 3.8) is 0 Å². The van der Waals surface area contributed by atoms with Gasteiger partial charge in [-0.15, -0.1) is 0 Å². The number of aryl methyl sites for hydroxylation is 1. The molecule has 3 aromatic rings. The number of ether oxygens (including phenoxy) is 2. The lowest BCUT2D eigenvalue weighted by atomic mass is 9.34. The summed E-state index contributed by atoms with van der Waals surface area (Å²) in [4.78, 5) is 33.6. The van der Waals surface area contributed by atoms with E-state index < -0.39 is 39.5 Å². The molecular weight excluding hydrogens is 887 g/mol. The predicted molar refractivity (Wildman–Crippen MR) is 278 cm³/mol. The lowest BCUT2D eigenvalue weighted by molar-refractivity contribution is -0.222. The third-order valence-corrected chi connectivity index (χ3v) is 22.2. The highest BCUT2D eigenvalue weighted by atomic mass is 16.6. The Kier molecular flexibility index (Phi) is 12.7. The number of nitrogens with one attached hydrogen (secondary N) is 2. The van der Waals surface area contributed by atoms with Crippen LogP contribution in [0.1, 0.15) is 197 Å². The van der Waals surface area contributed by atoms with Crippen LogP contribution in [0.15, 0.2) is 41.7 Å². The van der Waals surface area contributed by atoms with Crippen molar-refractivity contribution in [1.29, 1.82) is 0 Å². The molecule has 71 heavy (non-hydrogen) atoms. The van der Waals surface area contributed by atoms with E-state index in [2.05, 4.69) is 80.1 Å². The van der Waals surface area contributed by atoms with Gasteiger partial charge in [-0.05, 0) is 172 Å². The van der Waals surface area contributed by atoms with Crippen LogP contribution in [0.25, 0.3) is 11.0 Å². The first-order chi connectivity index (χ1) is 33.8. The second-order valence-electron chi connectivity index (χ2n) is 26.5. The number of fused-ring (bicyclic) bond motifs is 4. The number of carbonyl (C=O) groups excluding carboxylic acids is 2. The Bertz CT molecular complexity index is 2540. The average molecular weight is 974 g/mol. The first kappa shape index (κ1) is 50.1. The SMILES string of the molecule is CNCC[C@]1(C)C(=O)CC[C@@]2(C)[C@H]3[C@H](O)[C@@H]4Cn5cc([C@H](CCO)c6cc(C7CCCCC7)cc(C7CCOCC7)c6)c6[nH]cc(c65)CC[C@@](C)(C[C@@H](O)[C@H]5OC5(C)C)C5=C4[C@](C)(CC5=O)[C@@]3(C)CC[C@H]21. The van der Waals surface area contributed by atoms with Gasteiger partial charge in [-0.25, -0.2) is 0 Å². The predicted octanol–water partition coefficient (Wildman–Crippen LogP) is 10.6. The number of Topliss-reactive ketones (excluding diaryl/α,β-unsaturated/α-hetero) is 2. The van der Waals surface area contributed by atoms with Crippen molar-refractivity contribution in [2.75, 3.05) is 33.4 Å². The number of rotatable bonds is 12. The van der Waals surface area contributed by atoms with Crippen LogP contribution in [-0.4, -0.2) is 93.8 Å². The van der Waals surface area contributed by atoms with E-state index in [-0.39, 0.29) is 47.6 Å². The van der Waals surface area contributed by atoms with Gasteiger partial charge < -0.3 is 39.7 Å². The van der Waals surface area contributed by atoms with Gasteiger partial charge in [-0.1, -0.05) is 72.1 Å². The largest absolute Gasteiger partial charge is 0.396 e. The fourth-order valence-corrected chi connectivity index (χ4v) is 18.2. The van der Waals surface area contributed by atoms with Crippen LogP contribution in [0, 0.1) is 44.8 Å². The summed E-state index contributed by atoms with van der Waals surface area (Å²) in [7, 11) is 1.97. The van der Waals surface area contributed by atoms with Crippen LogP contribution in [-0.2, 0) is 32.0 Å². The van der Waals surface area contributed by atoms with E-state index in [9.17, 15) is 20.1 Å². The van der Waals surface area contributed by atoms with Crippen molar-refractivity contribution in [3.05, 3.63) is 69.6 Å². The summed E-state index contributed by atoms with van der Waals surface area (Å²) < 4.78 is 14.4. The van der Waals surface area contributed by atoms with E-state index in [0.717, 1.165) is 80.5 Å². The normalized spacial score (nSPS) is 38.2. The number of aliphatic hydroxyl groups excluding tert-OH is 3. The van der Waals surface area contributed by atoms with E-state index in [1.165, 1.54) is 59.9 Å². The zero-order valence-electron chi connectivity index (χ0n) is 44.6. The van der Waals surface area contributed by atoms with Crippen molar-refractivity contribution in [2.45, 2.75) is 206 Å². The Morgan fingerprint density at radius 1 is 0.901 bits per heavy atom. The summed E-state index contributed by atoms with van der Waals surface area (Å²) in [6.45, 7) is 18.6. The molecule has 3 aliphatic heterocycles. The third-order valence-electron chi connectivity index (χ3n) is 22.2. The Balaban J connectivity index is 1.08. The van der Waals surface area contributed by atoms with Crippen LogP contribution in [0.5, 0.6) is 0 Å². The molecule has 1 aromatic carbocycles. The first-order valence-electron chi connectivity index (χ1n) is 28.3. The average Bonchev–Trinajstić information content (AvgIpc) is 3.59. The number of aromatic amines is 1. The quantitative estimate of drug-likeness (QED) is 0.113. The van der Waals surface area contributed by atoms with Gasteiger partial charge in [-0.3, -0.25) is 9.59 Å². The Morgan fingerprint density at radius 3 is 2.28 bits per heavy atom. The number of epoxide rings is 1. The number of H-pyrrole nitrogens is 1. The number of hydrogen-bond donors (Lipinski definition) is 5. The molecule has 5 heterocycles. The Morgan fingerprint density at radius 2 is 1.61 bits per heavy atom. The fraction of sp³-hybridized carbons (Fsp3) is 0.738. The zero-order valence-corrected chi connectivity index (χ0v) is 44.6. The number of benzene rings is 1. The molecule has 5 aliphatic carbocycles. The highest BCUT2D eigenvalue weighted by Gasteiger charge is 2.73. The van der Waals surface area contributed by atoms with Crippen LogP contribution < -0.4 is 5.32 Å². The molecule has 0 amide bonds. The third kappa shape index (κ3) is 7.81. The lowest BCUT2D eigenvalue weighted by Crippen LogP contribution is -2.68. The molecule has 8 aliphatic rings. The number of aliphatic hydroxyl groups is 3. The van der Waals surface area contributed by atoms with Crippen LogP contribution in [0.2, 0.25) is 0 Å². The van der Waals surface area contributed by atoms with E-state index in [1.54, 1.807) is 0 Å². The minimum absolute atomic E-state index is 0.0567. The van der Waals surface area contributed by atoms with Crippen molar-refractivity contribution in [1.82, 2.24) is 14.9 Å². The molecule has 10 nitrogen and oxygen atoms in total. The van der Waals surface area contributed by atoms with Gasteiger partial charge in [0.2, 0.25) is 0 Å². The van der Waals surface area contributed by atoms with Crippen LogP contribution in [0.4, 0.5) is 0 Å². The van der Waals surface area contributed by atoms with Crippen LogP contribution in [0.3, 0.4) is 0 Å². The summed E-state index contributed by atoms with van der Waals surface area (Å²) in [6, 6.07) is 7.47. The number of aromatic nitrogens is 2.